The van der Waals surface area contributed by atoms with E-state index in [1.165, 1.54) is 5.56 Å². The maximum absolute atomic E-state index is 5.49. The van der Waals surface area contributed by atoms with Gasteiger partial charge in [-0.15, -0.1) is 0 Å². The lowest BCUT2D eigenvalue weighted by Crippen LogP contribution is -2.01. The topological polar surface area (TPSA) is 27.1 Å². The summed E-state index contributed by atoms with van der Waals surface area (Å²) >= 11 is 0. The summed E-state index contributed by atoms with van der Waals surface area (Å²) in [4.78, 5) is 0. The van der Waals surface area contributed by atoms with Gasteiger partial charge in [-0.05, 0) is 24.6 Å². The SMILES string of the molecule is COc1cccc(-c2ccc(C)cc2)c1-n1cccn1. The zero-order valence-electron chi connectivity index (χ0n) is 11.6. The lowest BCUT2D eigenvalue weighted by molar-refractivity contribution is 0.412. The molecule has 3 heteroatoms. The van der Waals surface area contributed by atoms with Crippen LogP contribution in [0.3, 0.4) is 0 Å². The fraction of sp³-hybridized carbons (Fsp3) is 0.118. The van der Waals surface area contributed by atoms with Gasteiger partial charge >= 0.3 is 0 Å². The van der Waals surface area contributed by atoms with Gasteiger partial charge in [-0.25, -0.2) is 4.68 Å². The first-order valence-electron chi connectivity index (χ1n) is 6.53. The van der Waals surface area contributed by atoms with Crippen LogP contribution < -0.4 is 4.74 Å². The van der Waals surface area contributed by atoms with Gasteiger partial charge < -0.3 is 4.74 Å². The van der Waals surface area contributed by atoms with Crippen LogP contribution in [-0.2, 0) is 0 Å². The fourth-order valence-electron chi connectivity index (χ4n) is 2.29. The van der Waals surface area contributed by atoms with Crippen LogP contribution in [0.15, 0.2) is 60.9 Å². The molecule has 0 N–H and O–H groups in total. The van der Waals surface area contributed by atoms with Crippen LogP contribution in [-0.4, -0.2) is 16.9 Å². The molecule has 0 saturated carbocycles. The maximum Gasteiger partial charge on any atom is 0.145 e. The molecule has 20 heavy (non-hydrogen) atoms. The smallest absolute Gasteiger partial charge is 0.145 e. The van der Waals surface area contributed by atoms with Gasteiger partial charge in [-0.1, -0.05) is 42.0 Å². The van der Waals surface area contributed by atoms with Gasteiger partial charge in [0.15, 0.2) is 0 Å². The van der Waals surface area contributed by atoms with Crippen molar-refractivity contribution in [1.82, 2.24) is 9.78 Å². The number of hydrogen-bond donors (Lipinski definition) is 0. The predicted octanol–water partition coefficient (Wildman–Crippen LogP) is 3.86. The molecular weight excluding hydrogens is 248 g/mol. The number of benzene rings is 2. The Hall–Kier alpha value is -2.55. The summed E-state index contributed by atoms with van der Waals surface area (Å²) in [6.45, 7) is 2.09. The van der Waals surface area contributed by atoms with E-state index in [-0.39, 0.29) is 0 Å². The van der Waals surface area contributed by atoms with Crippen molar-refractivity contribution in [3.63, 3.8) is 0 Å². The molecule has 0 saturated heterocycles. The Morgan fingerprint density at radius 1 is 1.00 bits per heavy atom. The van der Waals surface area contributed by atoms with Crippen molar-refractivity contribution in [1.29, 1.82) is 0 Å². The van der Waals surface area contributed by atoms with E-state index in [2.05, 4.69) is 42.4 Å². The van der Waals surface area contributed by atoms with Crippen molar-refractivity contribution in [3.05, 3.63) is 66.5 Å². The zero-order valence-corrected chi connectivity index (χ0v) is 11.6. The third-order valence-electron chi connectivity index (χ3n) is 3.31. The molecule has 1 aromatic heterocycles. The van der Waals surface area contributed by atoms with Crippen molar-refractivity contribution in [3.8, 4) is 22.6 Å². The summed E-state index contributed by atoms with van der Waals surface area (Å²) in [5, 5.41) is 4.34. The molecule has 0 radical (unpaired) electrons. The lowest BCUT2D eigenvalue weighted by Gasteiger charge is -2.14. The number of ether oxygens (including phenoxy) is 1. The van der Waals surface area contributed by atoms with E-state index in [4.69, 9.17) is 4.74 Å². The summed E-state index contributed by atoms with van der Waals surface area (Å²) < 4.78 is 7.34. The van der Waals surface area contributed by atoms with Gasteiger partial charge in [-0.3, -0.25) is 0 Å². The van der Waals surface area contributed by atoms with Crippen LogP contribution >= 0.6 is 0 Å². The van der Waals surface area contributed by atoms with Crippen molar-refractivity contribution in [2.45, 2.75) is 6.92 Å². The molecule has 0 atom stereocenters. The number of hydrogen-bond acceptors (Lipinski definition) is 2. The highest BCUT2D eigenvalue weighted by atomic mass is 16.5. The lowest BCUT2D eigenvalue weighted by atomic mass is 10.0. The van der Waals surface area contributed by atoms with Crippen molar-refractivity contribution in [2.75, 3.05) is 7.11 Å². The van der Waals surface area contributed by atoms with E-state index in [0.717, 1.165) is 22.6 Å². The highest BCUT2D eigenvalue weighted by molar-refractivity contribution is 5.76. The molecule has 3 aromatic rings. The fourth-order valence-corrected chi connectivity index (χ4v) is 2.29. The highest BCUT2D eigenvalue weighted by Crippen LogP contribution is 2.33. The summed E-state index contributed by atoms with van der Waals surface area (Å²) in [7, 11) is 1.68. The first-order chi connectivity index (χ1) is 9.79. The monoisotopic (exact) mass is 264 g/mol. The van der Waals surface area contributed by atoms with E-state index < -0.39 is 0 Å². The molecule has 3 rings (SSSR count). The minimum absolute atomic E-state index is 0.812. The predicted molar refractivity (Wildman–Crippen MR) is 80.3 cm³/mol. The Balaban J connectivity index is 2.23. The third-order valence-corrected chi connectivity index (χ3v) is 3.31. The van der Waals surface area contributed by atoms with Crippen LogP contribution in [0.4, 0.5) is 0 Å². The van der Waals surface area contributed by atoms with Gasteiger partial charge in [0.05, 0.1) is 7.11 Å². The number of para-hydroxylation sites is 1. The van der Waals surface area contributed by atoms with E-state index in [9.17, 15) is 0 Å². The molecule has 2 aromatic carbocycles. The first kappa shape index (κ1) is 12.5. The number of rotatable bonds is 3. The minimum atomic E-state index is 0.812. The Bertz CT molecular complexity index is 700. The second-order valence-electron chi connectivity index (χ2n) is 4.67. The van der Waals surface area contributed by atoms with Crippen molar-refractivity contribution >= 4 is 0 Å². The highest BCUT2D eigenvalue weighted by Gasteiger charge is 2.12. The molecule has 0 aliphatic carbocycles. The van der Waals surface area contributed by atoms with Gasteiger partial charge in [0.2, 0.25) is 0 Å². The number of nitrogens with zero attached hydrogens (tertiary/aromatic N) is 2. The third kappa shape index (κ3) is 2.18. The molecule has 0 spiro atoms. The largest absolute Gasteiger partial charge is 0.494 e. The zero-order chi connectivity index (χ0) is 13.9. The summed E-state index contributed by atoms with van der Waals surface area (Å²) in [5.74, 6) is 0.812. The molecule has 1 heterocycles. The van der Waals surface area contributed by atoms with Gasteiger partial charge in [0, 0.05) is 18.0 Å². The van der Waals surface area contributed by atoms with Gasteiger partial charge in [0.1, 0.15) is 11.4 Å². The quantitative estimate of drug-likeness (QED) is 0.718. The Labute approximate surface area is 118 Å². The molecule has 100 valence electrons. The van der Waals surface area contributed by atoms with Crippen LogP contribution in [0.1, 0.15) is 5.56 Å². The van der Waals surface area contributed by atoms with E-state index >= 15 is 0 Å². The van der Waals surface area contributed by atoms with Crippen LogP contribution in [0.2, 0.25) is 0 Å². The number of methoxy groups -OCH3 is 1. The summed E-state index contributed by atoms with van der Waals surface area (Å²) in [6, 6.07) is 16.4. The molecule has 0 aliphatic heterocycles. The van der Waals surface area contributed by atoms with Crippen LogP contribution in [0.25, 0.3) is 16.8 Å². The first-order valence-corrected chi connectivity index (χ1v) is 6.53. The summed E-state index contributed by atoms with van der Waals surface area (Å²) in [5.41, 5.74) is 4.47. The minimum Gasteiger partial charge on any atom is -0.494 e. The average molecular weight is 264 g/mol. The maximum atomic E-state index is 5.49. The molecule has 0 fully saturated rings. The van der Waals surface area contributed by atoms with Crippen LogP contribution in [0.5, 0.6) is 5.75 Å². The molecule has 3 nitrogen and oxygen atoms in total. The second-order valence-corrected chi connectivity index (χ2v) is 4.67. The molecule has 0 bridgehead atoms. The Morgan fingerprint density at radius 3 is 2.45 bits per heavy atom. The Morgan fingerprint density at radius 2 is 1.80 bits per heavy atom. The normalized spacial score (nSPS) is 10.5. The van der Waals surface area contributed by atoms with Gasteiger partial charge in [0.25, 0.3) is 0 Å². The standard InChI is InChI=1S/C17H16N2O/c1-13-7-9-14(10-8-13)15-5-3-6-16(20-2)17(15)19-12-4-11-18-19/h3-12H,1-2H3. The average Bonchev–Trinajstić information content (AvgIpc) is 3.01. The molecule has 0 unspecified atom stereocenters. The number of aromatic nitrogens is 2. The Kier molecular flexibility index (Phi) is 3.25. The molecule has 0 aliphatic rings. The summed E-state index contributed by atoms with van der Waals surface area (Å²) in [6.07, 6.45) is 3.70. The van der Waals surface area contributed by atoms with E-state index in [0.29, 0.717) is 0 Å². The number of aryl methyl sites for hydroxylation is 1. The van der Waals surface area contributed by atoms with Crippen molar-refractivity contribution in [2.24, 2.45) is 0 Å². The van der Waals surface area contributed by atoms with Gasteiger partial charge in [-0.2, -0.15) is 5.10 Å². The van der Waals surface area contributed by atoms with E-state index in [1.54, 1.807) is 13.3 Å². The second kappa shape index (κ2) is 5.21. The molecule has 0 amide bonds. The van der Waals surface area contributed by atoms with Crippen LogP contribution in [0, 0.1) is 6.92 Å². The van der Waals surface area contributed by atoms with E-state index in [1.807, 2.05) is 29.1 Å². The van der Waals surface area contributed by atoms with Crippen molar-refractivity contribution < 1.29 is 4.74 Å². The molecular formula is C17H16N2O.